The maximum Gasteiger partial charge on any atom is 0.138 e. The van der Waals surface area contributed by atoms with E-state index in [4.69, 9.17) is 17.3 Å². The minimum Gasteiger partial charge on any atom is -0.399 e. The van der Waals surface area contributed by atoms with Gasteiger partial charge in [-0.3, -0.25) is 0 Å². The molecule has 0 amide bonds. The molecule has 15 heavy (non-hydrogen) atoms. The van der Waals surface area contributed by atoms with Crippen LogP contribution >= 0.6 is 34.9 Å². The number of rotatable bonds is 3. The SMILES string of the molecule is Nc1cccc(SCc2nnsc2Cl)c1. The van der Waals surface area contributed by atoms with Crippen LogP contribution in [0.15, 0.2) is 29.2 Å². The first-order chi connectivity index (χ1) is 7.25. The Labute approximate surface area is 101 Å². The number of aromatic nitrogens is 2. The molecule has 78 valence electrons. The van der Waals surface area contributed by atoms with Crippen molar-refractivity contribution in [3.63, 3.8) is 0 Å². The Hall–Kier alpha value is -0.780. The highest BCUT2D eigenvalue weighted by atomic mass is 35.5. The van der Waals surface area contributed by atoms with E-state index in [1.807, 2.05) is 24.3 Å². The number of nitrogens with two attached hydrogens (primary N) is 1. The fourth-order valence-electron chi connectivity index (χ4n) is 1.04. The van der Waals surface area contributed by atoms with Crippen molar-refractivity contribution in [2.24, 2.45) is 0 Å². The van der Waals surface area contributed by atoms with Crippen LogP contribution in [0.25, 0.3) is 0 Å². The molecule has 0 aliphatic carbocycles. The molecule has 0 spiro atoms. The Morgan fingerprint density at radius 2 is 2.33 bits per heavy atom. The molecule has 0 radical (unpaired) electrons. The van der Waals surface area contributed by atoms with Crippen molar-refractivity contribution in [3.8, 4) is 0 Å². The standard InChI is InChI=1S/C9H8ClN3S2/c10-9-8(12-13-15-9)5-14-7-3-1-2-6(11)4-7/h1-4H,5,11H2. The van der Waals surface area contributed by atoms with Gasteiger partial charge in [-0.25, -0.2) is 0 Å². The predicted molar refractivity (Wildman–Crippen MR) is 65.3 cm³/mol. The molecule has 1 heterocycles. The minimum absolute atomic E-state index is 0.659. The number of halogens is 1. The second kappa shape index (κ2) is 4.83. The van der Waals surface area contributed by atoms with Crippen LogP contribution in [0.2, 0.25) is 4.34 Å². The molecule has 0 bridgehead atoms. The van der Waals surface area contributed by atoms with Crippen molar-refractivity contribution >= 4 is 40.6 Å². The largest absolute Gasteiger partial charge is 0.399 e. The van der Waals surface area contributed by atoms with Crippen molar-refractivity contribution in [2.45, 2.75) is 10.6 Å². The second-order valence-electron chi connectivity index (χ2n) is 2.85. The van der Waals surface area contributed by atoms with Gasteiger partial charge in [0, 0.05) is 27.9 Å². The van der Waals surface area contributed by atoms with E-state index in [0.717, 1.165) is 22.0 Å². The number of anilines is 1. The molecule has 6 heteroatoms. The van der Waals surface area contributed by atoms with Crippen molar-refractivity contribution in [2.75, 3.05) is 5.73 Å². The molecular formula is C9H8ClN3S2. The van der Waals surface area contributed by atoms with Gasteiger partial charge in [0.2, 0.25) is 0 Å². The van der Waals surface area contributed by atoms with Crippen LogP contribution < -0.4 is 5.73 Å². The molecule has 2 N–H and O–H groups in total. The van der Waals surface area contributed by atoms with Crippen molar-refractivity contribution in [1.29, 1.82) is 0 Å². The third-order valence-electron chi connectivity index (χ3n) is 1.74. The second-order valence-corrected chi connectivity index (χ2v) is 5.26. The summed E-state index contributed by atoms with van der Waals surface area (Å²) >= 11 is 8.75. The average molecular weight is 258 g/mol. The van der Waals surface area contributed by atoms with Crippen LogP contribution in [0, 0.1) is 0 Å². The van der Waals surface area contributed by atoms with Crippen LogP contribution in [0.4, 0.5) is 5.69 Å². The minimum atomic E-state index is 0.659. The zero-order chi connectivity index (χ0) is 10.7. The van der Waals surface area contributed by atoms with E-state index in [0.29, 0.717) is 4.34 Å². The van der Waals surface area contributed by atoms with Gasteiger partial charge in [0.1, 0.15) is 10.0 Å². The van der Waals surface area contributed by atoms with E-state index in [2.05, 4.69) is 9.59 Å². The lowest BCUT2D eigenvalue weighted by atomic mass is 10.3. The number of nitrogens with zero attached hydrogens (tertiary/aromatic N) is 2. The number of benzene rings is 1. The normalized spacial score (nSPS) is 10.5. The highest BCUT2D eigenvalue weighted by molar-refractivity contribution is 7.98. The number of thioether (sulfide) groups is 1. The van der Waals surface area contributed by atoms with Gasteiger partial charge < -0.3 is 5.73 Å². The number of hydrogen-bond donors (Lipinski definition) is 1. The Bertz CT molecular complexity index is 458. The summed E-state index contributed by atoms with van der Waals surface area (Å²) in [7, 11) is 0. The number of hydrogen-bond acceptors (Lipinski definition) is 5. The molecule has 0 fully saturated rings. The van der Waals surface area contributed by atoms with E-state index < -0.39 is 0 Å². The van der Waals surface area contributed by atoms with Gasteiger partial charge in [-0.1, -0.05) is 22.2 Å². The third-order valence-corrected chi connectivity index (χ3v) is 3.73. The topological polar surface area (TPSA) is 51.8 Å². The van der Waals surface area contributed by atoms with E-state index in [-0.39, 0.29) is 0 Å². The first kappa shape index (κ1) is 10.7. The van der Waals surface area contributed by atoms with Crippen molar-refractivity contribution in [1.82, 2.24) is 9.59 Å². The molecule has 0 aliphatic rings. The van der Waals surface area contributed by atoms with Gasteiger partial charge in [0.25, 0.3) is 0 Å². The highest BCUT2D eigenvalue weighted by Crippen LogP contribution is 2.27. The Morgan fingerprint density at radius 1 is 1.47 bits per heavy atom. The monoisotopic (exact) mass is 257 g/mol. The first-order valence-corrected chi connectivity index (χ1v) is 6.34. The quantitative estimate of drug-likeness (QED) is 0.678. The fourth-order valence-corrected chi connectivity index (χ4v) is 2.74. The summed E-state index contributed by atoms with van der Waals surface area (Å²) in [6, 6.07) is 7.73. The maximum absolute atomic E-state index is 5.89. The summed E-state index contributed by atoms with van der Waals surface area (Å²) in [5, 5.41) is 3.94. The molecule has 0 saturated carbocycles. The van der Waals surface area contributed by atoms with Crippen LogP contribution in [0.5, 0.6) is 0 Å². The van der Waals surface area contributed by atoms with Gasteiger partial charge >= 0.3 is 0 Å². The Morgan fingerprint density at radius 3 is 3.00 bits per heavy atom. The molecule has 2 aromatic rings. The average Bonchev–Trinajstić information content (AvgIpc) is 2.61. The van der Waals surface area contributed by atoms with Crippen LogP contribution in [-0.4, -0.2) is 9.59 Å². The van der Waals surface area contributed by atoms with Gasteiger partial charge in [-0.05, 0) is 18.2 Å². The highest BCUT2D eigenvalue weighted by Gasteiger charge is 2.05. The fraction of sp³-hybridized carbons (Fsp3) is 0.111. The lowest BCUT2D eigenvalue weighted by molar-refractivity contribution is 1.07. The van der Waals surface area contributed by atoms with Crippen LogP contribution in [-0.2, 0) is 5.75 Å². The van der Waals surface area contributed by atoms with Gasteiger partial charge in [0.15, 0.2) is 0 Å². The molecule has 1 aromatic heterocycles. The molecule has 0 atom stereocenters. The Kier molecular flexibility index (Phi) is 3.45. The molecule has 0 saturated heterocycles. The van der Waals surface area contributed by atoms with Crippen molar-refractivity contribution < 1.29 is 0 Å². The van der Waals surface area contributed by atoms with Crippen LogP contribution in [0.1, 0.15) is 5.69 Å². The van der Waals surface area contributed by atoms with E-state index in [9.17, 15) is 0 Å². The zero-order valence-electron chi connectivity index (χ0n) is 7.68. The predicted octanol–water partition coefficient (Wildman–Crippen LogP) is 3.07. The van der Waals surface area contributed by atoms with E-state index in [1.54, 1.807) is 11.8 Å². The van der Waals surface area contributed by atoms with E-state index in [1.165, 1.54) is 11.5 Å². The molecule has 0 aliphatic heterocycles. The molecule has 1 aromatic carbocycles. The lowest BCUT2D eigenvalue weighted by Crippen LogP contribution is -1.85. The van der Waals surface area contributed by atoms with E-state index >= 15 is 0 Å². The summed E-state index contributed by atoms with van der Waals surface area (Å²) in [6.45, 7) is 0. The first-order valence-electron chi connectivity index (χ1n) is 4.21. The van der Waals surface area contributed by atoms with Crippen molar-refractivity contribution in [3.05, 3.63) is 34.3 Å². The smallest absolute Gasteiger partial charge is 0.138 e. The molecule has 2 rings (SSSR count). The Balaban J connectivity index is 2.02. The maximum atomic E-state index is 5.89. The third kappa shape index (κ3) is 2.84. The van der Waals surface area contributed by atoms with Crippen LogP contribution in [0.3, 0.4) is 0 Å². The molecule has 3 nitrogen and oxygen atoms in total. The summed E-state index contributed by atoms with van der Waals surface area (Å²) < 4.78 is 4.43. The summed E-state index contributed by atoms with van der Waals surface area (Å²) in [5.41, 5.74) is 7.27. The molecular weight excluding hydrogens is 250 g/mol. The van der Waals surface area contributed by atoms with Gasteiger partial charge in [-0.2, -0.15) is 0 Å². The molecule has 0 unspecified atom stereocenters. The van der Waals surface area contributed by atoms with Gasteiger partial charge in [-0.15, -0.1) is 16.9 Å². The summed E-state index contributed by atoms with van der Waals surface area (Å²) in [4.78, 5) is 1.11. The summed E-state index contributed by atoms with van der Waals surface area (Å²) in [6.07, 6.45) is 0. The van der Waals surface area contributed by atoms with Gasteiger partial charge in [0.05, 0.1) is 0 Å². The zero-order valence-corrected chi connectivity index (χ0v) is 10.1. The summed E-state index contributed by atoms with van der Waals surface area (Å²) in [5.74, 6) is 0.721. The lowest BCUT2D eigenvalue weighted by Gasteiger charge is -2.00. The number of nitrogen functional groups attached to an aromatic ring is 1.